The molecular formula is C10H7FN2O2S2. The number of hydrogen-bond donors (Lipinski definition) is 1. The third kappa shape index (κ3) is 3.01. The first-order valence-corrected chi connectivity index (χ1v) is 6.34. The van der Waals surface area contributed by atoms with Crippen molar-refractivity contribution in [3.05, 3.63) is 41.5 Å². The van der Waals surface area contributed by atoms with Gasteiger partial charge in [0.15, 0.2) is 4.34 Å². The average molecular weight is 270 g/mol. The summed E-state index contributed by atoms with van der Waals surface area (Å²) >= 11 is 2.56. The molecule has 7 heteroatoms. The fraction of sp³-hybridized carbons (Fsp3) is 0.100. The first-order chi connectivity index (χ1) is 8.16. The van der Waals surface area contributed by atoms with E-state index in [2.05, 4.69) is 9.36 Å². The highest BCUT2D eigenvalue weighted by molar-refractivity contribution is 8.00. The van der Waals surface area contributed by atoms with Gasteiger partial charge in [-0.1, -0.05) is 11.8 Å². The smallest absolute Gasteiger partial charge is 0.335 e. The first-order valence-electron chi connectivity index (χ1n) is 4.58. The van der Waals surface area contributed by atoms with Crippen LogP contribution in [0.15, 0.2) is 28.9 Å². The lowest BCUT2D eigenvalue weighted by Gasteiger charge is -2.04. The Morgan fingerprint density at radius 1 is 1.53 bits per heavy atom. The zero-order valence-electron chi connectivity index (χ0n) is 8.46. The van der Waals surface area contributed by atoms with Gasteiger partial charge in [0, 0.05) is 5.75 Å². The Hall–Kier alpha value is -1.47. The second-order valence-corrected chi connectivity index (χ2v) is 5.11. The van der Waals surface area contributed by atoms with Crippen molar-refractivity contribution >= 4 is 29.3 Å². The maximum atomic E-state index is 13.0. The summed E-state index contributed by atoms with van der Waals surface area (Å²) in [6.45, 7) is 0. The summed E-state index contributed by atoms with van der Waals surface area (Å²) in [5, 5.41) is 8.96. The average Bonchev–Trinajstić information content (AvgIpc) is 2.78. The third-order valence-corrected chi connectivity index (χ3v) is 3.84. The van der Waals surface area contributed by atoms with Crippen molar-refractivity contribution in [1.29, 1.82) is 0 Å². The lowest BCUT2D eigenvalue weighted by atomic mass is 10.1. The lowest BCUT2D eigenvalue weighted by molar-refractivity contribution is 0.0696. The fourth-order valence-electron chi connectivity index (χ4n) is 1.26. The van der Waals surface area contributed by atoms with E-state index in [1.807, 2.05) is 0 Å². The highest BCUT2D eigenvalue weighted by atomic mass is 32.2. The molecule has 0 saturated heterocycles. The molecule has 88 valence electrons. The van der Waals surface area contributed by atoms with Crippen molar-refractivity contribution in [3.63, 3.8) is 0 Å². The minimum absolute atomic E-state index is 0.114. The predicted octanol–water partition coefficient (Wildman–Crippen LogP) is 2.67. The van der Waals surface area contributed by atoms with Gasteiger partial charge in [-0.05, 0) is 35.3 Å². The molecule has 0 aliphatic carbocycles. The quantitative estimate of drug-likeness (QED) is 0.865. The molecule has 0 amide bonds. The maximum Gasteiger partial charge on any atom is 0.335 e. The predicted molar refractivity (Wildman–Crippen MR) is 62.8 cm³/mol. The molecule has 1 heterocycles. The van der Waals surface area contributed by atoms with Gasteiger partial charge in [-0.25, -0.2) is 14.2 Å². The molecule has 1 aromatic heterocycles. The first kappa shape index (κ1) is 12.0. The van der Waals surface area contributed by atoms with Crippen molar-refractivity contribution in [3.8, 4) is 0 Å². The number of carboxylic acid groups (broad SMARTS) is 1. The van der Waals surface area contributed by atoms with Crippen LogP contribution >= 0.6 is 23.3 Å². The molecule has 2 rings (SSSR count). The molecule has 0 bridgehead atoms. The monoisotopic (exact) mass is 270 g/mol. The van der Waals surface area contributed by atoms with E-state index in [0.717, 1.165) is 10.4 Å². The molecule has 0 spiro atoms. The number of carbonyl (C=O) groups is 1. The minimum atomic E-state index is -1.06. The van der Waals surface area contributed by atoms with Crippen LogP contribution in [0.4, 0.5) is 4.39 Å². The van der Waals surface area contributed by atoms with Gasteiger partial charge in [0.1, 0.15) is 12.1 Å². The number of aromatic carboxylic acids is 1. The van der Waals surface area contributed by atoms with Gasteiger partial charge in [-0.3, -0.25) is 0 Å². The molecule has 0 aliphatic rings. The summed E-state index contributed by atoms with van der Waals surface area (Å²) in [4.78, 5) is 14.9. The summed E-state index contributed by atoms with van der Waals surface area (Å²) in [6, 6.07) is 3.65. The van der Waals surface area contributed by atoms with Crippen LogP contribution in [0.3, 0.4) is 0 Å². The summed E-state index contributed by atoms with van der Waals surface area (Å²) in [5.74, 6) is -1.14. The van der Waals surface area contributed by atoms with E-state index >= 15 is 0 Å². The van der Waals surface area contributed by atoms with Gasteiger partial charge in [0.2, 0.25) is 0 Å². The molecule has 0 saturated carbocycles. The van der Waals surface area contributed by atoms with E-state index in [0.29, 0.717) is 11.3 Å². The topological polar surface area (TPSA) is 63.1 Å². The Morgan fingerprint density at radius 2 is 2.35 bits per heavy atom. The number of hydrogen-bond acceptors (Lipinski definition) is 5. The standard InChI is InChI=1S/C10H7FN2O2S2/c11-7-1-2-8(9(14)15)6(3-7)4-16-10-12-5-13-17-10/h1-3,5H,4H2,(H,14,15). The molecular weight excluding hydrogens is 263 g/mol. The molecule has 1 aromatic carbocycles. The van der Waals surface area contributed by atoms with E-state index < -0.39 is 11.8 Å². The minimum Gasteiger partial charge on any atom is -0.478 e. The second-order valence-electron chi connectivity index (χ2n) is 3.10. The molecule has 0 fully saturated rings. The molecule has 2 aromatic rings. The van der Waals surface area contributed by atoms with Crippen LogP contribution in [0, 0.1) is 5.82 Å². The molecule has 1 N–H and O–H groups in total. The van der Waals surface area contributed by atoms with Gasteiger partial charge in [-0.2, -0.15) is 4.37 Å². The zero-order valence-corrected chi connectivity index (χ0v) is 10.1. The van der Waals surface area contributed by atoms with Crippen LogP contribution in [-0.2, 0) is 5.75 Å². The maximum absolute atomic E-state index is 13.0. The summed E-state index contributed by atoms with van der Waals surface area (Å²) < 4.78 is 17.6. The van der Waals surface area contributed by atoms with Crippen molar-refractivity contribution in [1.82, 2.24) is 9.36 Å². The van der Waals surface area contributed by atoms with Gasteiger partial charge in [0.25, 0.3) is 0 Å². The van der Waals surface area contributed by atoms with Gasteiger partial charge >= 0.3 is 5.97 Å². The van der Waals surface area contributed by atoms with E-state index in [1.165, 1.54) is 41.8 Å². The fourth-order valence-corrected chi connectivity index (χ4v) is 2.69. The van der Waals surface area contributed by atoms with Crippen LogP contribution in [0.5, 0.6) is 0 Å². The number of thioether (sulfide) groups is 1. The van der Waals surface area contributed by atoms with Gasteiger partial charge < -0.3 is 5.11 Å². The Labute approximate surface area is 105 Å². The number of rotatable bonds is 4. The number of aromatic nitrogens is 2. The highest BCUT2D eigenvalue weighted by Gasteiger charge is 2.11. The SMILES string of the molecule is O=C(O)c1ccc(F)cc1CSc1ncns1. The van der Waals surface area contributed by atoms with Crippen LogP contribution in [0.2, 0.25) is 0 Å². The third-order valence-electron chi connectivity index (χ3n) is 1.99. The van der Waals surface area contributed by atoms with Crippen LogP contribution in [0.1, 0.15) is 15.9 Å². The van der Waals surface area contributed by atoms with Gasteiger partial charge in [-0.15, -0.1) is 0 Å². The number of nitrogens with zero attached hydrogens (tertiary/aromatic N) is 2. The van der Waals surface area contributed by atoms with Gasteiger partial charge in [0.05, 0.1) is 5.56 Å². The largest absolute Gasteiger partial charge is 0.478 e. The van der Waals surface area contributed by atoms with Crippen molar-refractivity contribution in [2.24, 2.45) is 0 Å². The van der Waals surface area contributed by atoms with E-state index in [-0.39, 0.29) is 5.56 Å². The summed E-state index contributed by atoms with van der Waals surface area (Å²) in [7, 11) is 0. The Kier molecular flexibility index (Phi) is 3.70. The van der Waals surface area contributed by atoms with Crippen molar-refractivity contribution in [2.75, 3.05) is 0 Å². The second kappa shape index (κ2) is 5.24. The van der Waals surface area contributed by atoms with Crippen molar-refractivity contribution in [2.45, 2.75) is 10.1 Å². The Bertz CT molecular complexity index is 531. The summed E-state index contributed by atoms with van der Waals surface area (Å²) in [5.41, 5.74) is 0.557. The van der Waals surface area contributed by atoms with Crippen molar-refractivity contribution < 1.29 is 14.3 Å². The molecule has 0 unspecified atom stereocenters. The number of carboxylic acids is 1. The molecule has 0 atom stereocenters. The summed E-state index contributed by atoms with van der Waals surface area (Å²) in [6.07, 6.45) is 1.43. The molecule has 4 nitrogen and oxygen atoms in total. The van der Waals surface area contributed by atoms with Crippen LogP contribution in [0.25, 0.3) is 0 Å². The number of halogens is 1. The Morgan fingerprint density at radius 3 is 3.00 bits per heavy atom. The van der Waals surface area contributed by atoms with Crippen LogP contribution in [-0.4, -0.2) is 20.4 Å². The van der Waals surface area contributed by atoms with Crippen LogP contribution < -0.4 is 0 Å². The van der Waals surface area contributed by atoms with E-state index in [4.69, 9.17) is 5.11 Å². The Balaban J connectivity index is 2.19. The lowest BCUT2D eigenvalue weighted by Crippen LogP contribution is -2.02. The molecule has 17 heavy (non-hydrogen) atoms. The molecule has 0 radical (unpaired) electrons. The highest BCUT2D eigenvalue weighted by Crippen LogP contribution is 2.25. The normalized spacial score (nSPS) is 10.4. The zero-order chi connectivity index (χ0) is 12.3. The number of benzene rings is 1. The van der Waals surface area contributed by atoms with E-state index in [1.54, 1.807) is 0 Å². The van der Waals surface area contributed by atoms with E-state index in [9.17, 15) is 9.18 Å². The molecule has 0 aliphatic heterocycles.